The van der Waals surface area contributed by atoms with Gasteiger partial charge in [-0.2, -0.15) is 11.2 Å². The van der Waals surface area contributed by atoms with Crippen molar-refractivity contribution in [2.24, 2.45) is 0 Å². The molecule has 0 spiro atoms. The third kappa shape index (κ3) is 6.12. The molecule has 0 aliphatic heterocycles. The van der Waals surface area contributed by atoms with Gasteiger partial charge in [0.05, 0.1) is 0 Å². The molecule has 0 nitrogen and oxygen atoms in total. The van der Waals surface area contributed by atoms with Crippen molar-refractivity contribution in [3.8, 4) is 0 Å². The zero-order valence-corrected chi connectivity index (χ0v) is 20.2. The highest BCUT2D eigenvalue weighted by Gasteiger charge is 2.39. The molecule has 0 aliphatic rings. The van der Waals surface area contributed by atoms with Crippen LogP contribution >= 0.6 is 11.2 Å². The van der Waals surface area contributed by atoms with E-state index in [0.29, 0.717) is 0 Å². The second-order valence-corrected chi connectivity index (χ2v) is 14.6. The molecule has 0 unspecified atom stereocenters. The molecule has 0 saturated heterocycles. The first-order chi connectivity index (χ1) is 14.9. The lowest BCUT2D eigenvalue weighted by Crippen LogP contribution is -2.64. The van der Waals surface area contributed by atoms with E-state index in [-0.39, 0.29) is 0 Å². The van der Waals surface area contributed by atoms with E-state index in [9.17, 15) is 0 Å². The Balaban J connectivity index is 1.77. The molecule has 0 saturated carbocycles. The maximum Gasteiger partial charge on any atom is 0.209 e. The number of hydrogen-bond acceptors (Lipinski definition) is 1. The van der Waals surface area contributed by atoms with Gasteiger partial charge in [0, 0.05) is 0 Å². The Kier molecular flexibility index (Phi) is 9.78. The molecule has 0 atom stereocenters. The topological polar surface area (TPSA) is 0 Å². The molecule has 2 heteroatoms. The molecule has 0 heterocycles. The van der Waals surface area contributed by atoms with Crippen LogP contribution in [-0.4, -0.2) is 13.0 Å². The Morgan fingerprint density at radius 3 is 1.27 bits per heavy atom. The van der Waals surface area contributed by atoms with Crippen LogP contribution in [0.15, 0.2) is 91.0 Å². The maximum atomic E-state index is 2.35. The van der Waals surface area contributed by atoms with Crippen molar-refractivity contribution in [3.05, 3.63) is 91.0 Å². The second-order valence-electron chi connectivity index (χ2n) is 8.10. The molecule has 0 bridgehead atoms. The summed E-state index contributed by atoms with van der Waals surface area (Å²) in [7, 11) is -2.09. The Hall–Kier alpha value is -1.77. The fourth-order valence-electron chi connectivity index (χ4n) is 4.23. The highest BCUT2D eigenvalue weighted by Crippen LogP contribution is 2.23. The van der Waals surface area contributed by atoms with E-state index in [2.05, 4.69) is 109 Å². The SMILES string of the molecule is CCCCCCCCCCS[Si](c1ccccc1)(c1ccccc1)c1ccccc1. The zero-order valence-electron chi connectivity index (χ0n) is 18.4. The predicted molar refractivity (Wildman–Crippen MR) is 139 cm³/mol. The summed E-state index contributed by atoms with van der Waals surface area (Å²) in [6, 6.07) is 33.8. The van der Waals surface area contributed by atoms with Crippen molar-refractivity contribution in [1.29, 1.82) is 0 Å². The van der Waals surface area contributed by atoms with Gasteiger partial charge < -0.3 is 0 Å². The Morgan fingerprint density at radius 2 is 0.867 bits per heavy atom. The molecule has 3 aromatic rings. The first kappa shape index (κ1) is 22.9. The van der Waals surface area contributed by atoms with Crippen molar-refractivity contribution in [3.63, 3.8) is 0 Å². The van der Waals surface area contributed by atoms with Gasteiger partial charge in [0.2, 0.25) is 7.22 Å². The van der Waals surface area contributed by atoms with E-state index in [1.807, 2.05) is 0 Å². The maximum absolute atomic E-state index is 2.35. The van der Waals surface area contributed by atoms with Crippen molar-refractivity contribution in [2.75, 3.05) is 5.75 Å². The summed E-state index contributed by atoms with van der Waals surface area (Å²) in [4.78, 5) is 0. The van der Waals surface area contributed by atoms with E-state index < -0.39 is 7.22 Å². The molecule has 0 amide bonds. The largest absolute Gasteiger partial charge is 0.209 e. The molecule has 0 radical (unpaired) electrons. The molecular formula is C28H36SSi. The van der Waals surface area contributed by atoms with Crippen LogP contribution < -0.4 is 15.6 Å². The van der Waals surface area contributed by atoms with Gasteiger partial charge in [-0.1, -0.05) is 143 Å². The molecule has 3 aromatic carbocycles. The highest BCUT2D eigenvalue weighted by atomic mass is 32.4. The van der Waals surface area contributed by atoms with E-state index in [1.165, 1.54) is 72.7 Å². The number of benzene rings is 3. The van der Waals surface area contributed by atoms with Gasteiger partial charge in [0.15, 0.2) is 0 Å². The number of hydrogen-bond donors (Lipinski definition) is 0. The first-order valence-electron chi connectivity index (χ1n) is 11.7. The van der Waals surface area contributed by atoms with Crippen LogP contribution in [0.25, 0.3) is 0 Å². The van der Waals surface area contributed by atoms with Crippen molar-refractivity contribution in [2.45, 2.75) is 58.3 Å². The molecule has 3 rings (SSSR count). The van der Waals surface area contributed by atoms with Crippen LogP contribution in [0.2, 0.25) is 0 Å². The summed E-state index contributed by atoms with van der Waals surface area (Å²) in [5.41, 5.74) is 0. The fourth-order valence-corrected chi connectivity index (χ4v) is 12.4. The van der Waals surface area contributed by atoms with E-state index in [1.54, 1.807) is 0 Å². The highest BCUT2D eigenvalue weighted by molar-refractivity contribution is 8.33. The lowest BCUT2D eigenvalue weighted by atomic mass is 10.1. The molecule has 0 aromatic heterocycles. The molecule has 0 fully saturated rings. The second kappa shape index (κ2) is 12.8. The normalized spacial score (nSPS) is 11.5. The van der Waals surface area contributed by atoms with Crippen LogP contribution in [0.5, 0.6) is 0 Å². The van der Waals surface area contributed by atoms with Crippen LogP contribution in [0.4, 0.5) is 0 Å². The van der Waals surface area contributed by atoms with E-state index >= 15 is 0 Å². The quantitative estimate of drug-likeness (QED) is 0.168. The van der Waals surface area contributed by atoms with Crippen LogP contribution in [0.1, 0.15) is 58.3 Å². The minimum atomic E-state index is -2.09. The molecule has 0 N–H and O–H groups in total. The number of unbranched alkanes of at least 4 members (excludes halogenated alkanes) is 7. The Labute approximate surface area is 188 Å². The van der Waals surface area contributed by atoms with E-state index in [4.69, 9.17) is 0 Å². The van der Waals surface area contributed by atoms with Gasteiger partial charge in [0.1, 0.15) is 0 Å². The van der Waals surface area contributed by atoms with Crippen LogP contribution in [0, 0.1) is 0 Å². The molecular weight excluding hydrogens is 396 g/mol. The van der Waals surface area contributed by atoms with Crippen molar-refractivity contribution in [1.82, 2.24) is 0 Å². The molecule has 30 heavy (non-hydrogen) atoms. The lowest BCUT2D eigenvalue weighted by molar-refractivity contribution is 0.586. The minimum absolute atomic E-state index is 1.24. The average Bonchev–Trinajstić information content (AvgIpc) is 2.82. The minimum Gasteiger partial charge on any atom is -0.169 e. The smallest absolute Gasteiger partial charge is 0.169 e. The monoisotopic (exact) mass is 432 g/mol. The number of rotatable bonds is 13. The molecule has 0 aliphatic carbocycles. The summed E-state index contributed by atoms with van der Waals surface area (Å²) in [5.74, 6) is 1.24. The summed E-state index contributed by atoms with van der Waals surface area (Å²) in [5, 5.41) is 4.52. The summed E-state index contributed by atoms with van der Waals surface area (Å²) >= 11 is 2.24. The molecule has 158 valence electrons. The van der Waals surface area contributed by atoms with Gasteiger partial charge in [0.25, 0.3) is 0 Å². The third-order valence-electron chi connectivity index (χ3n) is 5.86. The van der Waals surface area contributed by atoms with Gasteiger partial charge >= 0.3 is 0 Å². The summed E-state index contributed by atoms with van der Waals surface area (Å²) in [6.45, 7) is 2.29. The van der Waals surface area contributed by atoms with Gasteiger partial charge in [-0.3, -0.25) is 0 Å². The van der Waals surface area contributed by atoms with Crippen LogP contribution in [0.3, 0.4) is 0 Å². The Morgan fingerprint density at radius 1 is 0.500 bits per heavy atom. The van der Waals surface area contributed by atoms with Gasteiger partial charge in [-0.25, -0.2) is 0 Å². The van der Waals surface area contributed by atoms with Crippen LogP contribution in [-0.2, 0) is 0 Å². The average molecular weight is 433 g/mol. The van der Waals surface area contributed by atoms with Crippen molar-refractivity contribution >= 4 is 34.0 Å². The Bertz CT molecular complexity index is 720. The fraction of sp³-hybridized carbons (Fsp3) is 0.357. The first-order valence-corrected chi connectivity index (χ1v) is 15.4. The van der Waals surface area contributed by atoms with Gasteiger partial charge in [-0.05, 0) is 27.7 Å². The van der Waals surface area contributed by atoms with E-state index in [0.717, 1.165) is 0 Å². The van der Waals surface area contributed by atoms with Crippen molar-refractivity contribution < 1.29 is 0 Å². The standard InChI is InChI=1S/C28H36SSi/c1-2-3-4-5-6-7-8-18-25-29-30(26-19-12-9-13-20-26,27-21-14-10-15-22-27)28-23-16-11-17-24-28/h9-17,19-24H,2-8,18,25H2,1H3. The third-order valence-corrected chi connectivity index (χ3v) is 14.3. The summed E-state index contributed by atoms with van der Waals surface area (Å²) < 4.78 is 0. The van der Waals surface area contributed by atoms with Gasteiger partial charge in [-0.15, -0.1) is 0 Å². The summed E-state index contributed by atoms with van der Waals surface area (Å²) in [6.07, 6.45) is 11.0. The zero-order chi connectivity index (χ0) is 20.9. The predicted octanol–water partition coefficient (Wildman–Crippen LogP) is 6.53. The lowest BCUT2D eigenvalue weighted by Gasteiger charge is -2.33.